The number of rotatable bonds is 3. The Hall–Kier alpha value is -5.80. The summed E-state index contributed by atoms with van der Waals surface area (Å²) in [7, 11) is 0. The molecule has 0 aliphatic heterocycles. The van der Waals surface area contributed by atoms with Gasteiger partial charge in [0, 0.05) is 21.5 Å². The van der Waals surface area contributed by atoms with E-state index in [1.165, 1.54) is 6.07 Å². The van der Waals surface area contributed by atoms with Gasteiger partial charge in [0.2, 0.25) is 0 Å². The maximum atomic E-state index is 14.7. The fourth-order valence-electron chi connectivity index (χ4n) is 7.47. The summed E-state index contributed by atoms with van der Waals surface area (Å²) in [5.74, 6) is 0. The van der Waals surface area contributed by atoms with Crippen LogP contribution >= 0.6 is 0 Å². The summed E-state index contributed by atoms with van der Waals surface area (Å²) in [6, 6.07) is 33.2. The molecule has 0 aliphatic carbocycles. The van der Waals surface area contributed by atoms with E-state index in [9.17, 15) is 13.2 Å². The second kappa shape index (κ2) is 10.9. The van der Waals surface area contributed by atoms with Crippen molar-refractivity contribution in [1.29, 1.82) is 0 Å². The smallest absolute Gasteiger partial charge is 0.308 e. The number of benzene rings is 6. The van der Waals surface area contributed by atoms with E-state index in [1.54, 1.807) is 19.1 Å². The SMILES string of the molecule is [C-]#[N+]c1cc(-n2c3cc(C)ccc3c3ccc(C)cc32)c(-n2c3cc(C)ccc3c3ccc(C)cc32)cc1-c1c(C)cccc1C(F)(F)F. The highest BCUT2D eigenvalue weighted by Gasteiger charge is 2.35. The van der Waals surface area contributed by atoms with Crippen LogP contribution in [0.5, 0.6) is 0 Å². The normalized spacial score (nSPS) is 12.1. The molecular formula is C43H32F3N3. The Balaban J connectivity index is 1.63. The van der Waals surface area contributed by atoms with E-state index in [4.69, 9.17) is 6.57 Å². The standard InChI is InChI=1S/C43H32F3N3/c1-24-10-14-29-30-15-11-25(2)19-37(30)48(36(29)18-24)40-22-33(42-28(5)8-7-9-34(42)43(44,45)46)35(47-6)23-41(40)49-38-20-26(3)12-16-31(38)32-17-13-27(4)21-39(32)49/h7-23H,1-5H3. The molecule has 6 heteroatoms. The van der Waals surface area contributed by atoms with Crippen molar-refractivity contribution in [1.82, 2.24) is 9.13 Å². The van der Waals surface area contributed by atoms with Crippen LogP contribution in [0.1, 0.15) is 33.4 Å². The Bertz CT molecular complexity index is 2600. The van der Waals surface area contributed by atoms with E-state index < -0.39 is 11.7 Å². The fourth-order valence-corrected chi connectivity index (χ4v) is 7.47. The highest BCUT2D eigenvalue weighted by molar-refractivity contribution is 6.12. The number of halogens is 3. The van der Waals surface area contributed by atoms with Gasteiger partial charge in [-0.05, 0) is 116 Å². The zero-order chi connectivity index (χ0) is 34.4. The van der Waals surface area contributed by atoms with Crippen molar-refractivity contribution in [3.8, 4) is 22.5 Å². The summed E-state index contributed by atoms with van der Waals surface area (Å²) in [4.78, 5) is 3.91. The number of nitrogens with zero attached hydrogens (tertiary/aromatic N) is 3. The van der Waals surface area contributed by atoms with Gasteiger partial charge in [0.15, 0.2) is 5.69 Å². The first kappa shape index (κ1) is 30.5. The minimum atomic E-state index is -4.61. The van der Waals surface area contributed by atoms with Crippen LogP contribution in [0.15, 0.2) is 103 Å². The van der Waals surface area contributed by atoms with Crippen LogP contribution in [0.2, 0.25) is 0 Å². The number of hydrogen-bond donors (Lipinski definition) is 0. The maximum absolute atomic E-state index is 14.7. The number of alkyl halides is 3. The van der Waals surface area contributed by atoms with E-state index >= 15 is 0 Å². The van der Waals surface area contributed by atoms with Gasteiger partial charge in [0.05, 0.1) is 45.6 Å². The zero-order valence-corrected chi connectivity index (χ0v) is 27.8. The van der Waals surface area contributed by atoms with Crippen molar-refractivity contribution in [2.45, 2.75) is 40.8 Å². The van der Waals surface area contributed by atoms with Crippen molar-refractivity contribution < 1.29 is 13.2 Å². The van der Waals surface area contributed by atoms with Gasteiger partial charge in [0.25, 0.3) is 0 Å². The van der Waals surface area contributed by atoms with Gasteiger partial charge in [-0.15, -0.1) is 0 Å². The van der Waals surface area contributed by atoms with Crippen LogP contribution in [0, 0.1) is 41.2 Å². The minimum Gasteiger partial charge on any atom is -0.308 e. The molecule has 0 saturated carbocycles. The van der Waals surface area contributed by atoms with E-state index in [0.717, 1.165) is 77.6 Å². The maximum Gasteiger partial charge on any atom is 0.416 e. The predicted octanol–water partition coefficient (Wildman–Crippen LogP) is 12.7. The van der Waals surface area contributed by atoms with E-state index in [1.807, 2.05) is 19.9 Å². The van der Waals surface area contributed by atoms with Crippen molar-refractivity contribution in [2.24, 2.45) is 0 Å². The molecule has 0 saturated heterocycles. The van der Waals surface area contributed by atoms with Crippen LogP contribution < -0.4 is 0 Å². The second-order valence-electron chi connectivity index (χ2n) is 13.2. The number of hydrogen-bond acceptors (Lipinski definition) is 0. The third kappa shape index (κ3) is 4.72. The molecule has 0 unspecified atom stereocenters. The topological polar surface area (TPSA) is 14.2 Å². The Morgan fingerprint density at radius 3 is 1.33 bits per heavy atom. The Morgan fingerprint density at radius 1 is 0.531 bits per heavy atom. The molecule has 0 amide bonds. The lowest BCUT2D eigenvalue weighted by Crippen LogP contribution is -2.09. The predicted molar refractivity (Wildman–Crippen MR) is 196 cm³/mol. The molecule has 8 rings (SSSR count). The molecule has 0 fully saturated rings. The highest BCUT2D eigenvalue weighted by atomic mass is 19.4. The van der Waals surface area contributed by atoms with Gasteiger partial charge in [-0.25, -0.2) is 4.85 Å². The van der Waals surface area contributed by atoms with E-state index in [-0.39, 0.29) is 16.8 Å². The average Bonchev–Trinajstić information content (AvgIpc) is 3.53. The Kier molecular flexibility index (Phi) is 6.77. The van der Waals surface area contributed by atoms with Crippen LogP contribution in [-0.4, -0.2) is 9.13 Å². The van der Waals surface area contributed by atoms with Crippen molar-refractivity contribution in [3.63, 3.8) is 0 Å². The molecule has 240 valence electrons. The first-order valence-corrected chi connectivity index (χ1v) is 16.2. The number of aryl methyl sites for hydroxylation is 5. The molecule has 8 aromatic rings. The molecule has 6 aromatic carbocycles. The highest BCUT2D eigenvalue weighted by Crippen LogP contribution is 2.47. The third-order valence-electron chi connectivity index (χ3n) is 9.70. The molecule has 0 N–H and O–H groups in total. The molecule has 0 spiro atoms. The molecule has 2 heterocycles. The van der Waals surface area contributed by atoms with Gasteiger partial charge >= 0.3 is 6.18 Å². The third-order valence-corrected chi connectivity index (χ3v) is 9.70. The van der Waals surface area contributed by atoms with Crippen LogP contribution in [0.4, 0.5) is 18.9 Å². The largest absolute Gasteiger partial charge is 0.416 e. The number of fused-ring (bicyclic) bond motifs is 6. The second-order valence-corrected chi connectivity index (χ2v) is 13.2. The summed E-state index contributed by atoms with van der Waals surface area (Å²) < 4.78 is 48.4. The molecule has 0 atom stereocenters. The molecule has 0 aliphatic rings. The fraction of sp³-hybridized carbons (Fsp3) is 0.140. The van der Waals surface area contributed by atoms with Gasteiger partial charge in [-0.1, -0.05) is 60.7 Å². The lowest BCUT2D eigenvalue weighted by Gasteiger charge is -2.22. The van der Waals surface area contributed by atoms with Crippen LogP contribution in [0.3, 0.4) is 0 Å². The zero-order valence-electron chi connectivity index (χ0n) is 27.8. The molecule has 49 heavy (non-hydrogen) atoms. The van der Waals surface area contributed by atoms with Crippen molar-refractivity contribution in [2.75, 3.05) is 0 Å². The lowest BCUT2D eigenvalue weighted by molar-refractivity contribution is -0.137. The summed E-state index contributed by atoms with van der Waals surface area (Å²) in [5, 5.41) is 4.21. The Morgan fingerprint density at radius 2 is 0.939 bits per heavy atom. The van der Waals surface area contributed by atoms with Gasteiger partial charge < -0.3 is 9.13 Å². The van der Waals surface area contributed by atoms with Gasteiger partial charge in [-0.3, -0.25) is 0 Å². The summed E-state index contributed by atoms with van der Waals surface area (Å²) in [5.41, 5.74) is 9.63. The summed E-state index contributed by atoms with van der Waals surface area (Å²) in [6.45, 7) is 18.2. The summed E-state index contributed by atoms with van der Waals surface area (Å²) in [6.07, 6.45) is -4.61. The Labute approximate surface area is 282 Å². The molecular weight excluding hydrogens is 615 g/mol. The monoisotopic (exact) mass is 647 g/mol. The quantitative estimate of drug-likeness (QED) is 0.170. The first-order chi connectivity index (χ1) is 23.4. The molecule has 0 bridgehead atoms. The van der Waals surface area contributed by atoms with E-state index in [2.05, 4.69) is 101 Å². The molecule has 3 nitrogen and oxygen atoms in total. The van der Waals surface area contributed by atoms with Gasteiger partial charge in [0.1, 0.15) is 0 Å². The summed E-state index contributed by atoms with van der Waals surface area (Å²) >= 11 is 0. The molecule has 0 radical (unpaired) electrons. The van der Waals surface area contributed by atoms with Gasteiger partial charge in [-0.2, -0.15) is 13.2 Å². The van der Waals surface area contributed by atoms with E-state index in [0.29, 0.717) is 11.3 Å². The van der Waals surface area contributed by atoms with Crippen LogP contribution in [-0.2, 0) is 6.18 Å². The van der Waals surface area contributed by atoms with Crippen LogP contribution in [0.25, 0.3) is 71.0 Å². The minimum absolute atomic E-state index is 0.0239. The van der Waals surface area contributed by atoms with Crippen molar-refractivity contribution >= 4 is 49.3 Å². The average molecular weight is 648 g/mol. The van der Waals surface area contributed by atoms with Crippen molar-refractivity contribution in [3.05, 3.63) is 148 Å². The lowest BCUT2D eigenvalue weighted by atomic mass is 9.92. The first-order valence-electron chi connectivity index (χ1n) is 16.2. The number of aromatic nitrogens is 2. The molecule has 2 aromatic heterocycles.